The van der Waals surface area contributed by atoms with Crippen LogP contribution in [-0.4, -0.2) is 27.8 Å². The number of carbonyl (C=O) groups excluding carboxylic acids is 1. The number of methoxy groups -OCH3 is 1. The van der Waals surface area contributed by atoms with Crippen LogP contribution in [0.5, 0.6) is 0 Å². The number of aryl methyl sites for hydroxylation is 2. The highest BCUT2D eigenvalue weighted by molar-refractivity contribution is 5.96. The predicted octanol–water partition coefficient (Wildman–Crippen LogP) is 6.37. The molecule has 34 heavy (non-hydrogen) atoms. The van der Waals surface area contributed by atoms with Gasteiger partial charge >= 0.3 is 5.97 Å². The maximum Gasteiger partial charge on any atom is 0.337 e. The number of rotatable bonds is 5. The monoisotopic (exact) mass is 451 g/mol. The number of hydrogen-bond donors (Lipinski definition) is 0. The molecule has 2 aromatic carbocycles. The Kier molecular flexibility index (Phi) is 5.49. The maximum atomic E-state index is 11.9. The Hall–Kier alpha value is -4.19. The summed E-state index contributed by atoms with van der Waals surface area (Å²) in [6, 6.07) is 20.1. The van der Waals surface area contributed by atoms with E-state index in [2.05, 4.69) is 53.2 Å². The van der Waals surface area contributed by atoms with E-state index in [0.29, 0.717) is 5.56 Å². The third-order valence-electron chi connectivity index (χ3n) is 6.31. The summed E-state index contributed by atoms with van der Waals surface area (Å²) in [5, 5.41) is 4.11. The molecule has 3 heterocycles. The number of aromatic nitrogens is 3. The van der Waals surface area contributed by atoms with Crippen LogP contribution < -0.4 is 0 Å². The van der Waals surface area contributed by atoms with Gasteiger partial charge in [-0.05, 0) is 50.1 Å². The first kappa shape index (κ1) is 21.6. The topological polar surface area (TPSA) is 70.2 Å². The van der Waals surface area contributed by atoms with Crippen molar-refractivity contribution in [3.8, 4) is 22.3 Å². The molecule has 0 aliphatic rings. The normalized spacial score (nSPS) is 12.1. The molecule has 0 radical (unpaired) electrons. The summed E-state index contributed by atoms with van der Waals surface area (Å²) in [6.45, 7) is 6.04. The SMILES string of the molecule is COC(=O)c1ccc(-c2cn([C@@H](C)c3ccccc3)c3cc(-c4c(C)noc4C)cnc23)cc1. The van der Waals surface area contributed by atoms with E-state index < -0.39 is 0 Å². The van der Waals surface area contributed by atoms with Crippen LogP contribution in [-0.2, 0) is 4.74 Å². The average molecular weight is 452 g/mol. The van der Waals surface area contributed by atoms with Gasteiger partial charge in [0.15, 0.2) is 0 Å². The minimum absolute atomic E-state index is 0.0912. The van der Waals surface area contributed by atoms with E-state index in [1.165, 1.54) is 12.7 Å². The van der Waals surface area contributed by atoms with Gasteiger partial charge < -0.3 is 13.8 Å². The third kappa shape index (κ3) is 3.67. The molecule has 5 aromatic rings. The molecule has 0 bridgehead atoms. The Bertz CT molecular complexity index is 1460. The summed E-state index contributed by atoms with van der Waals surface area (Å²) < 4.78 is 12.5. The lowest BCUT2D eigenvalue weighted by Crippen LogP contribution is -2.05. The van der Waals surface area contributed by atoms with Crippen molar-refractivity contribution in [2.45, 2.75) is 26.8 Å². The van der Waals surface area contributed by atoms with Crippen LogP contribution in [0.25, 0.3) is 33.3 Å². The number of hydrogen-bond acceptors (Lipinski definition) is 5. The number of pyridine rings is 1. The average Bonchev–Trinajstić information content (AvgIpc) is 3.42. The summed E-state index contributed by atoms with van der Waals surface area (Å²) in [5.41, 5.74) is 8.38. The largest absolute Gasteiger partial charge is 0.465 e. The summed E-state index contributed by atoms with van der Waals surface area (Å²) >= 11 is 0. The highest BCUT2D eigenvalue weighted by Gasteiger charge is 2.20. The van der Waals surface area contributed by atoms with E-state index in [4.69, 9.17) is 14.2 Å². The Morgan fingerprint density at radius 1 is 1.03 bits per heavy atom. The molecule has 5 rings (SSSR count). The zero-order valence-corrected chi connectivity index (χ0v) is 19.6. The Morgan fingerprint density at radius 3 is 2.41 bits per heavy atom. The van der Waals surface area contributed by atoms with E-state index in [1.54, 1.807) is 12.1 Å². The molecule has 170 valence electrons. The first-order valence-corrected chi connectivity index (χ1v) is 11.2. The molecule has 6 heteroatoms. The number of nitrogens with zero attached hydrogens (tertiary/aromatic N) is 3. The van der Waals surface area contributed by atoms with Crippen LogP contribution in [0.3, 0.4) is 0 Å². The number of esters is 1. The standard InChI is InChI=1S/C28H25N3O3/c1-17-26(19(3)34-30-17)23-14-25-27(29-15-23)24(21-10-12-22(13-11-21)28(32)33-4)16-31(25)18(2)20-8-6-5-7-9-20/h5-16,18H,1-4H3/t18-/m0/s1. The van der Waals surface area contributed by atoms with Crippen LogP contribution in [0.2, 0.25) is 0 Å². The number of carbonyl (C=O) groups is 1. The van der Waals surface area contributed by atoms with E-state index >= 15 is 0 Å². The van der Waals surface area contributed by atoms with Gasteiger partial charge in [0.1, 0.15) is 5.76 Å². The van der Waals surface area contributed by atoms with Gasteiger partial charge in [-0.3, -0.25) is 4.98 Å². The minimum atomic E-state index is -0.353. The van der Waals surface area contributed by atoms with Gasteiger partial charge in [0.05, 0.1) is 35.4 Å². The zero-order valence-electron chi connectivity index (χ0n) is 19.6. The molecule has 0 amide bonds. The van der Waals surface area contributed by atoms with Crippen molar-refractivity contribution in [3.05, 3.63) is 95.6 Å². The highest BCUT2D eigenvalue weighted by atomic mass is 16.5. The first-order valence-electron chi connectivity index (χ1n) is 11.2. The fourth-order valence-corrected chi connectivity index (χ4v) is 4.49. The smallest absolute Gasteiger partial charge is 0.337 e. The second-order valence-electron chi connectivity index (χ2n) is 8.40. The number of benzene rings is 2. The molecule has 0 saturated heterocycles. The van der Waals surface area contributed by atoms with Crippen LogP contribution in [0.15, 0.2) is 77.6 Å². The van der Waals surface area contributed by atoms with E-state index in [-0.39, 0.29) is 12.0 Å². The molecule has 6 nitrogen and oxygen atoms in total. The fraction of sp³-hybridized carbons (Fsp3) is 0.179. The van der Waals surface area contributed by atoms with Crippen molar-refractivity contribution in [2.24, 2.45) is 0 Å². The summed E-state index contributed by atoms with van der Waals surface area (Å²) in [4.78, 5) is 16.8. The van der Waals surface area contributed by atoms with Crippen LogP contribution in [0.4, 0.5) is 0 Å². The fourth-order valence-electron chi connectivity index (χ4n) is 4.49. The zero-order chi connectivity index (χ0) is 23.8. The van der Waals surface area contributed by atoms with Gasteiger partial charge in [-0.2, -0.15) is 0 Å². The molecule has 0 saturated carbocycles. The molecule has 0 aliphatic carbocycles. The first-order chi connectivity index (χ1) is 16.5. The molecule has 0 spiro atoms. The quantitative estimate of drug-likeness (QED) is 0.290. The molecule has 0 unspecified atom stereocenters. The van der Waals surface area contributed by atoms with E-state index in [9.17, 15) is 4.79 Å². The molecular formula is C28H25N3O3. The van der Waals surface area contributed by atoms with Gasteiger partial charge in [0.25, 0.3) is 0 Å². The highest BCUT2D eigenvalue weighted by Crippen LogP contribution is 2.36. The Morgan fingerprint density at radius 2 is 1.76 bits per heavy atom. The van der Waals surface area contributed by atoms with Crippen molar-refractivity contribution in [1.82, 2.24) is 14.7 Å². The lowest BCUT2D eigenvalue weighted by Gasteiger charge is -2.16. The van der Waals surface area contributed by atoms with E-state index in [1.807, 2.05) is 38.2 Å². The number of fused-ring (bicyclic) bond motifs is 1. The lowest BCUT2D eigenvalue weighted by atomic mass is 10.0. The lowest BCUT2D eigenvalue weighted by molar-refractivity contribution is 0.0600. The summed E-state index contributed by atoms with van der Waals surface area (Å²) in [5.74, 6) is 0.417. The third-order valence-corrected chi connectivity index (χ3v) is 6.31. The Balaban J connectivity index is 1.70. The van der Waals surface area contributed by atoms with Crippen LogP contribution in [0.1, 0.15) is 40.3 Å². The van der Waals surface area contributed by atoms with Gasteiger partial charge in [-0.1, -0.05) is 47.6 Å². The van der Waals surface area contributed by atoms with Gasteiger partial charge in [0, 0.05) is 29.1 Å². The van der Waals surface area contributed by atoms with Gasteiger partial charge in [-0.25, -0.2) is 4.79 Å². The summed E-state index contributed by atoms with van der Waals surface area (Å²) in [7, 11) is 1.38. The second kappa shape index (κ2) is 8.63. The molecule has 0 aliphatic heterocycles. The van der Waals surface area contributed by atoms with Crippen molar-refractivity contribution >= 4 is 17.0 Å². The Labute approximate surface area is 197 Å². The maximum absolute atomic E-state index is 11.9. The molecular weight excluding hydrogens is 426 g/mol. The second-order valence-corrected chi connectivity index (χ2v) is 8.40. The molecule has 0 fully saturated rings. The summed E-state index contributed by atoms with van der Waals surface area (Å²) in [6.07, 6.45) is 4.01. The van der Waals surface area contributed by atoms with Gasteiger partial charge in [-0.15, -0.1) is 0 Å². The molecule has 3 aromatic heterocycles. The van der Waals surface area contributed by atoms with Crippen molar-refractivity contribution < 1.29 is 14.1 Å². The van der Waals surface area contributed by atoms with E-state index in [0.717, 1.165) is 44.7 Å². The minimum Gasteiger partial charge on any atom is -0.465 e. The molecule has 0 N–H and O–H groups in total. The van der Waals surface area contributed by atoms with Crippen LogP contribution in [0, 0.1) is 13.8 Å². The van der Waals surface area contributed by atoms with Crippen LogP contribution >= 0.6 is 0 Å². The van der Waals surface area contributed by atoms with Crippen molar-refractivity contribution in [3.63, 3.8) is 0 Å². The predicted molar refractivity (Wildman–Crippen MR) is 132 cm³/mol. The van der Waals surface area contributed by atoms with Crippen molar-refractivity contribution in [2.75, 3.05) is 7.11 Å². The number of ether oxygens (including phenoxy) is 1. The van der Waals surface area contributed by atoms with Gasteiger partial charge in [0.2, 0.25) is 0 Å². The molecule has 1 atom stereocenters. The van der Waals surface area contributed by atoms with Crippen molar-refractivity contribution in [1.29, 1.82) is 0 Å².